The second-order valence-electron chi connectivity index (χ2n) is 7.04. The van der Waals surface area contributed by atoms with Gasteiger partial charge in [0.05, 0.1) is 0 Å². The number of hydrogen-bond acceptors (Lipinski definition) is 1. The van der Waals surface area contributed by atoms with Gasteiger partial charge in [-0.05, 0) is 41.5 Å². The molecule has 0 amide bonds. The average molecular weight is 382 g/mol. The maximum Gasteiger partial charge on any atom is 0.0290 e. The third kappa shape index (κ3) is 3.36. The second-order valence-corrected chi connectivity index (χ2v) is 7.60. The van der Waals surface area contributed by atoms with Crippen LogP contribution in [0.1, 0.15) is 42.4 Å². The Hall–Kier alpha value is -1.38. The smallest absolute Gasteiger partial charge is 0.0290 e. The highest BCUT2D eigenvalue weighted by molar-refractivity contribution is 9.08. The van der Waals surface area contributed by atoms with Gasteiger partial charge < -0.3 is 0 Å². The summed E-state index contributed by atoms with van der Waals surface area (Å²) in [6, 6.07) is 21.3. The van der Waals surface area contributed by atoms with Gasteiger partial charge in [0.2, 0.25) is 0 Å². The lowest BCUT2D eigenvalue weighted by atomic mass is 9.82. The highest BCUT2D eigenvalue weighted by atomic mass is 79.9. The number of alkyl halides is 1. The quantitative estimate of drug-likeness (QED) is 0.605. The molecule has 2 heterocycles. The van der Waals surface area contributed by atoms with Crippen molar-refractivity contribution in [2.45, 2.75) is 49.6 Å². The summed E-state index contributed by atoms with van der Waals surface area (Å²) in [5.74, 6) is 0. The molecule has 2 aliphatic rings. The molecule has 124 valence electrons. The lowest BCUT2D eigenvalue weighted by molar-refractivity contribution is 0.0951. The van der Waals surface area contributed by atoms with Crippen molar-refractivity contribution in [1.29, 1.82) is 0 Å². The minimum atomic E-state index is 0.601. The highest BCUT2D eigenvalue weighted by Crippen LogP contribution is 2.38. The molecule has 24 heavy (non-hydrogen) atoms. The Labute approximate surface area is 153 Å². The predicted octanol–water partition coefficient (Wildman–Crippen LogP) is 5.79. The number of piperidine rings is 1. The van der Waals surface area contributed by atoms with E-state index < -0.39 is 0 Å². The minimum absolute atomic E-state index is 0.601. The van der Waals surface area contributed by atoms with Gasteiger partial charge in [0.15, 0.2) is 0 Å². The van der Waals surface area contributed by atoms with Crippen LogP contribution >= 0.6 is 15.9 Å². The van der Waals surface area contributed by atoms with Crippen LogP contribution in [0.25, 0.3) is 5.57 Å². The largest absolute Gasteiger partial charge is 0.289 e. The average Bonchev–Trinajstić information content (AvgIpc) is 2.62. The van der Waals surface area contributed by atoms with Gasteiger partial charge in [-0.1, -0.05) is 83.0 Å². The predicted molar refractivity (Wildman–Crippen MR) is 105 cm³/mol. The summed E-state index contributed by atoms with van der Waals surface area (Å²) in [5, 5.41) is 0.933. The molecule has 1 nitrogen and oxygen atoms in total. The topological polar surface area (TPSA) is 3.24 Å². The lowest BCUT2D eigenvalue weighted by Crippen LogP contribution is -2.47. The molecule has 0 aromatic heterocycles. The fourth-order valence-electron chi connectivity index (χ4n) is 4.18. The van der Waals surface area contributed by atoms with Crippen molar-refractivity contribution in [1.82, 2.24) is 4.90 Å². The zero-order chi connectivity index (χ0) is 16.4. The molecule has 2 aromatic carbocycles. The van der Waals surface area contributed by atoms with E-state index >= 15 is 0 Å². The van der Waals surface area contributed by atoms with Crippen molar-refractivity contribution in [3.63, 3.8) is 0 Å². The molecule has 2 unspecified atom stereocenters. The van der Waals surface area contributed by atoms with Crippen molar-refractivity contribution in [2.75, 3.05) is 0 Å². The van der Waals surface area contributed by atoms with Crippen LogP contribution in [-0.2, 0) is 11.9 Å². The van der Waals surface area contributed by atoms with E-state index in [0.717, 1.165) is 11.9 Å². The van der Waals surface area contributed by atoms with Crippen LogP contribution < -0.4 is 0 Å². The van der Waals surface area contributed by atoms with Crippen molar-refractivity contribution >= 4 is 21.5 Å². The first-order valence-corrected chi connectivity index (χ1v) is 10.1. The minimum Gasteiger partial charge on any atom is -0.289 e. The number of fused-ring (bicyclic) bond motifs is 2. The van der Waals surface area contributed by atoms with E-state index in [1.165, 1.54) is 42.4 Å². The summed E-state index contributed by atoms with van der Waals surface area (Å²) in [6.45, 7) is 1.09. The fraction of sp³-hybridized carbons (Fsp3) is 0.364. The summed E-state index contributed by atoms with van der Waals surface area (Å²) >= 11 is 3.54. The van der Waals surface area contributed by atoms with Gasteiger partial charge in [-0.2, -0.15) is 0 Å². The fourth-order valence-corrected chi connectivity index (χ4v) is 4.55. The third-order valence-electron chi connectivity index (χ3n) is 5.47. The maximum atomic E-state index is 3.54. The number of halogens is 1. The van der Waals surface area contributed by atoms with Crippen LogP contribution in [0.3, 0.4) is 0 Å². The van der Waals surface area contributed by atoms with Crippen LogP contribution in [0, 0.1) is 0 Å². The van der Waals surface area contributed by atoms with E-state index in [0.29, 0.717) is 12.1 Å². The molecule has 2 heteroatoms. The molecule has 2 bridgehead atoms. The van der Waals surface area contributed by atoms with Gasteiger partial charge in [0.1, 0.15) is 0 Å². The monoisotopic (exact) mass is 381 g/mol. The van der Waals surface area contributed by atoms with Gasteiger partial charge in [-0.25, -0.2) is 0 Å². The number of hydrogen-bond donors (Lipinski definition) is 0. The van der Waals surface area contributed by atoms with Gasteiger partial charge >= 0.3 is 0 Å². The van der Waals surface area contributed by atoms with Crippen LogP contribution in [0.2, 0.25) is 0 Å². The van der Waals surface area contributed by atoms with Crippen LogP contribution in [0.15, 0.2) is 60.7 Å². The van der Waals surface area contributed by atoms with Gasteiger partial charge in [0, 0.05) is 24.0 Å². The molecular weight excluding hydrogens is 358 g/mol. The maximum absolute atomic E-state index is 3.54. The van der Waals surface area contributed by atoms with Crippen LogP contribution in [0.4, 0.5) is 0 Å². The molecule has 1 fully saturated rings. The normalized spacial score (nSPS) is 23.8. The molecule has 0 saturated carbocycles. The Morgan fingerprint density at radius 2 is 1.71 bits per heavy atom. The van der Waals surface area contributed by atoms with Crippen molar-refractivity contribution in [3.8, 4) is 0 Å². The zero-order valence-corrected chi connectivity index (χ0v) is 15.6. The molecule has 0 spiro atoms. The SMILES string of the molecule is BrCc1ccc(C2=CC3CCCC(C2)N3Cc2ccccc2)cc1. The Balaban J connectivity index is 1.57. The zero-order valence-electron chi connectivity index (χ0n) is 14.0. The first kappa shape index (κ1) is 16.1. The van der Waals surface area contributed by atoms with E-state index in [2.05, 4.69) is 81.5 Å². The van der Waals surface area contributed by atoms with Crippen molar-refractivity contribution in [3.05, 3.63) is 77.4 Å². The number of rotatable bonds is 4. The Kier molecular flexibility index (Phi) is 4.86. The molecule has 2 atom stereocenters. The summed E-state index contributed by atoms with van der Waals surface area (Å²) in [5.41, 5.74) is 5.75. The van der Waals surface area contributed by atoms with E-state index in [9.17, 15) is 0 Å². The Morgan fingerprint density at radius 1 is 0.917 bits per heavy atom. The lowest BCUT2D eigenvalue weighted by Gasteiger charge is -2.45. The van der Waals surface area contributed by atoms with E-state index in [1.54, 1.807) is 5.57 Å². The molecule has 0 radical (unpaired) electrons. The molecule has 0 aliphatic carbocycles. The summed E-state index contributed by atoms with van der Waals surface area (Å²) in [7, 11) is 0. The standard InChI is InChI=1S/C22H24BrN/c23-15-17-9-11-19(12-10-17)20-13-21-7-4-8-22(14-20)24(21)16-18-5-2-1-3-6-18/h1-3,5-6,9-13,21-22H,4,7-8,14-16H2. The summed E-state index contributed by atoms with van der Waals surface area (Å²) < 4.78 is 0. The van der Waals surface area contributed by atoms with Gasteiger partial charge in [0.25, 0.3) is 0 Å². The van der Waals surface area contributed by atoms with Crippen LogP contribution in [0.5, 0.6) is 0 Å². The highest BCUT2D eigenvalue weighted by Gasteiger charge is 2.33. The van der Waals surface area contributed by atoms with E-state index in [-0.39, 0.29) is 0 Å². The third-order valence-corrected chi connectivity index (χ3v) is 6.12. The van der Waals surface area contributed by atoms with E-state index in [4.69, 9.17) is 0 Å². The molecular formula is C22H24BrN. The van der Waals surface area contributed by atoms with Gasteiger partial charge in [-0.3, -0.25) is 4.90 Å². The molecule has 1 saturated heterocycles. The molecule has 4 rings (SSSR count). The summed E-state index contributed by atoms with van der Waals surface area (Å²) in [4.78, 5) is 2.73. The van der Waals surface area contributed by atoms with Crippen molar-refractivity contribution < 1.29 is 0 Å². The first-order chi connectivity index (χ1) is 11.8. The molecule has 2 aromatic rings. The molecule has 0 N–H and O–H groups in total. The van der Waals surface area contributed by atoms with Crippen molar-refractivity contribution in [2.24, 2.45) is 0 Å². The van der Waals surface area contributed by atoms with Crippen LogP contribution in [-0.4, -0.2) is 17.0 Å². The Bertz CT molecular complexity index is 705. The van der Waals surface area contributed by atoms with Gasteiger partial charge in [-0.15, -0.1) is 0 Å². The molecule has 2 aliphatic heterocycles. The summed E-state index contributed by atoms with van der Waals surface area (Å²) in [6.07, 6.45) is 7.73. The first-order valence-electron chi connectivity index (χ1n) is 8.99. The Morgan fingerprint density at radius 3 is 2.42 bits per heavy atom. The number of nitrogens with zero attached hydrogens (tertiary/aromatic N) is 1. The second kappa shape index (κ2) is 7.25. The number of benzene rings is 2. The van der Waals surface area contributed by atoms with E-state index in [1.807, 2.05) is 0 Å².